The Kier molecular flexibility index (Phi) is 1.59. The SMILES string of the molecule is CC1(C)CC/C1=C1\CC(=O)NC1=O. The van der Waals surface area contributed by atoms with Gasteiger partial charge in [0.15, 0.2) is 0 Å². The van der Waals surface area contributed by atoms with Crippen LogP contribution in [0.1, 0.15) is 33.1 Å². The van der Waals surface area contributed by atoms with E-state index in [1.165, 1.54) is 5.57 Å². The maximum absolute atomic E-state index is 11.3. The van der Waals surface area contributed by atoms with E-state index in [0.717, 1.165) is 18.4 Å². The lowest BCUT2D eigenvalue weighted by Gasteiger charge is -2.39. The van der Waals surface area contributed by atoms with E-state index in [4.69, 9.17) is 0 Å². The number of hydrogen-bond donors (Lipinski definition) is 1. The van der Waals surface area contributed by atoms with E-state index in [-0.39, 0.29) is 23.7 Å². The molecule has 0 bridgehead atoms. The molecule has 0 atom stereocenters. The molecule has 0 aromatic rings. The second-order valence-electron chi connectivity index (χ2n) is 4.40. The quantitative estimate of drug-likeness (QED) is 0.448. The molecule has 1 aliphatic heterocycles. The summed E-state index contributed by atoms with van der Waals surface area (Å²) in [5.41, 5.74) is 2.04. The van der Waals surface area contributed by atoms with E-state index in [2.05, 4.69) is 19.2 Å². The minimum absolute atomic E-state index is 0.136. The number of rotatable bonds is 0. The summed E-state index contributed by atoms with van der Waals surface area (Å²) in [6, 6.07) is 0. The summed E-state index contributed by atoms with van der Waals surface area (Å²) in [6.07, 6.45) is 2.38. The first-order valence-electron chi connectivity index (χ1n) is 4.57. The van der Waals surface area contributed by atoms with Crippen LogP contribution in [0.4, 0.5) is 0 Å². The van der Waals surface area contributed by atoms with Gasteiger partial charge in [-0.2, -0.15) is 0 Å². The molecular formula is C10H13NO2. The lowest BCUT2D eigenvalue weighted by molar-refractivity contribution is -0.124. The zero-order chi connectivity index (χ0) is 9.64. The van der Waals surface area contributed by atoms with E-state index >= 15 is 0 Å². The Hall–Kier alpha value is -1.12. The van der Waals surface area contributed by atoms with Gasteiger partial charge in [0.1, 0.15) is 0 Å². The van der Waals surface area contributed by atoms with Crippen LogP contribution in [0.2, 0.25) is 0 Å². The second-order valence-corrected chi connectivity index (χ2v) is 4.40. The molecule has 2 rings (SSSR count). The maximum atomic E-state index is 11.3. The third-order valence-electron chi connectivity index (χ3n) is 3.05. The van der Waals surface area contributed by atoms with Crippen molar-refractivity contribution in [1.82, 2.24) is 5.32 Å². The summed E-state index contributed by atoms with van der Waals surface area (Å²) in [5, 5.41) is 2.32. The normalized spacial score (nSPS) is 31.5. The molecule has 1 aliphatic carbocycles. The molecule has 0 aromatic carbocycles. The van der Waals surface area contributed by atoms with Crippen molar-refractivity contribution in [2.45, 2.75) is 33.1 Å². The van der Waals surface area contributed by atoms with Crippen molar-refractivity contribution in [1.29, 1.82) is 0 Å². The first-order valence-corrected chi connectivity index (χ1v) is 4.57. The van der Waals surface area contributed by atoms with Crippen LogP contribution in [0.25, 0.3) is 0 Å². The molecule has 70 valence electrons. The predicted octanol–water partition coefficient (Wildman–Crippen LogP) is 1.15. The molecule has 2 amide bonds. The topological polar surface area (TPSA) is 46.2 Å². The van der Waals surface area contributed by atoms with E-state index in [1.54, 1.807) is 0 Å². The van der Waals surface area contributed by atoms with Gasteiger partial charge in [-0.15, -0.1) is 0 Å². The summed E-state index contributed by atoms with van der Waals surface area (Å²) in [4.78, 5) is 22.3. The van der Waals surface area contributed by atoms with E-state index < -0.39 is 0 Å². The molecule has 1 saturated carbocycles. The summed E-state index contributed by atoms with van der Waals surface area (Å²) >= 11 is 0. The number of carbonyl (C=O) groups is 2. The smallest absolute Gasteiger partial charge is 0.254 e. The minimum Gasteiger partial charge on any atom is -0.292 e. The second kappa shape index (κ2) is 2.44. The van der Waals surface area contributed by atoms with Crippen molar-refractivity contribution < 1.29 is 9.59 Å². The number of allylic oxidation sites excluding steroid dienone is 1. The Labute approximate surface area is 77.2 Å². The standard InChI is InChI=1S/C10H13NO2/c1-10(2)4-3-7(10)6-5-8(12)11-9(6)13/h3-5H2,1-2H3,(H,11,12,13)/b7-6-. The Morgan fingerprint density at radius 1 is 1.31 bits per heavy atom. The fourth-order valence-corrected chi connectivity index (χ4v) is 2.04. The number of imide groups is 1. The van der Waals surface area contributed by atoms with Crippen LogP contribution >= 0.6 is 0 Å². The lowest BCUT2D eigenvalue weighted by atomic mass is 9.65. The first kappa shape index (κ1) is 8.48. The molecule has 1 saturated heterocycles. The third-order valence-corrected chi connectivity index (χ3v) is 3.05. The molecule has 2 aliphatic rings. The van der Waals surface area contributed by atoms with Crippen LogP contribution in [0.3, 0.4) is 0 Å². The van der Waals surface area contributed by atoms with E-state index in [1.807, 2.05) is 0 Å². The summed E-state index contributed by atoms with van der Waals surface area (Å²) < 4.78 is 0. The number of hydrogen-bond acceptors (Lipinski definition) is 2. The van der Waals surface area contributed by atoms with Gasteiger partial charge in [0.2, 0.25) is 5.91 Å². The van der Waals surface area contributed by atoms with Crippen LogP contribution in [-0.4, -0.2) is 11.8 Å². The molecule has 3 nitrogen and oxygen atoms in total. The fourth-order valence-electron chi connectivity index (χ4n) is 2.04. The Morgan fingerprint density at radius 2 is 2.00 bits per heavy atom. The van der Waals surface area contributed by atoms with Gasteiger partial charge in [0, 0.05) is 5.57 Å². The predicted molar refractivity (Wildman–Crippen MR) is 47.8 cm³/mol. The summed E-state index contributed by atoms with van der Waals surface area (Å²) in [6.45, 7) is 4.24. The van der Waals surface area contributed by atoms with E-state index in [9.17, 15) is 9.59 Å². The van der Waals surface area contributed by atoms with Crippen molar-refractivity contribution in [3.05, 3.63) is 11.1 Å². The first-order chi connectivity index (χ1) is 6.00. The molecule has 1 N–H and O–H groups in total. The van der Waals surface area contributed by atoms with Crippen molar-refractivity contribution >= 4 is 11.8 Å². The Bertz CT molecular complexity index is 326. The van der Waals surface area contributed by atoms with Gasteiger partial charge in [-0.1, -0.05) is 19.4 Å². The minimum atomic E-state index is -0.173. The molecule has 0 spiro atoms. The molecule has 0 aromatic heterocycles. The van der Waals surface area contributed by atoms with Crippen LogP contribution < -0.4 is 5.32 Å². The summed E-state index contributed by atoms with van der Waals surface area (Å²) in [5.74, 6) is -0.331. The van der Waals surface area contributed by atoms with Crippen molar-refractivity contribution in [3.63, 3.8) is 0 Å². The van der Waals surface area contributed by atoms with Gasteiger partial charge in [-0.3, -0.25) is 14.9 Å². The highest BCUT2D eigenvalue weighted by molar-refractivity contribution is 6.13. The largest absolute Gasteiger partial charge is 0.292 e. The van der Waals surface area contributed by atoms with Crippen LogP contribution in [-0.2, 0) is 9.59 Å². The monoisotopic (exact) mass is 179 g/mol. The van der Waals surface area contributed by atoms with Crippen LogP contribution in [0.15, 0.2) is 11.1 Å². The highest BCUT2D eigenvalue weighted by Gasteiger charge is 2.39. The number of nitrogens with one attached hydrogen (secondary N) is 1. The van der Waals surface area contributed by atoms with E-state index in [0.29, 0.717) is 0 Å². The highest BCUT2D eigenvalue weighted by Crippen LogP contribution is 2.48. The summed E-state index contributed by atoms with van der Waals surface area (Å²) in [7, 11) is 0. The van der Waals surface area contributed by atoms with Gasteiger partial charge >= 0.3 is 0 Å². The zero-order valence-electron chi connectivity index (χ0n) is 7.94. The molecule has 0 unspecified atom stereocenters. The van der Waals surface area contributed by atoms with Crippen LogP contribution in [0.5, 0.6) is 0 Å². The molecule has 2 fully saturated rings. The molecule has 1 heterocycles. The van der Waals surface area contributed by atoms with Crippen LogP contribution in [0, 0.1) is 5.41 Å². The van der Waals surface area contributed by atoms with Crippen molar-refractivity contribution in [3.8, 4) is 0 Å². The third kappa shape index (κ3) is 1.19. The Balaban J connectivity index is 2.35. The average Bonchev–Trinajstić information content (AvgIpc) is 2.29. The zero-order valence-corrected chi connectivity index (χ0v) is 7.94. The average molecular weight is 179 g/mol. The van der Waals surface area contributed by atoms with Gasteiger partial charge in [-0.25, -0.2) is 0 Å². The molecule has 13 heavy (non-hydrogen) atoms. The van der Waals surface area contributed by atoms with Gasteiger partial charge < -0.3 is 0 Å². The maximum Gasteiger partial charge on any atom is 0.254 e. The highest BCUT2D eigenvalue weighted by atomic mass is 16.2. The number of amides is 2. The van der Waals surface area contributed by atoms with Gasteiger partial charge in [-0.05, 0) is 18.3 Å². The molecule has 0 radical (unpaired) electrons. The van der Waals surface area contributed by atoms with Crippen molar-refractivity contribution in [2.24, 2.45) is 5.41 Å². The molecular weight excluding hydrogens is 166 g/mol. The fraction of sp³-hybridized carbons (Fsp3) is 0.600. The van der Waals surface area contributed by atoms with Gasteiger partial charge in [0.25, 0.3) is 5.91 Å². The molecule has 3 heteroatoms. The van der Waals surface area contributed by atoms with Crippen molar-refractivity contribution in [2.75, 3.05) is 0 Å². The Morgan fingerprint density at radius 3 is 2.31 bits per heavy atom. The van der Waals surface area contributed by atoms with Gasteiger partial charge in [0.05, 0.1) is 6.42 Å². The lowest BCUT2D eigenvalue weighted by Crippen LogP contribution is -2.29. The number of carbonyl (C=O) groups excluding carboxylic acids is 2.